The van der Waals surface area contributed by atoms with Crippen LogP contribution in [0.4, 0.5) is 13.2 Å². The van der Waals surface area contributed by atoms with Gasteiger partial charge < -0.3 is 4.74 Å². The van der Waals surface area contributed by atoms with Crippen LogP contribution >= 0.6 is 38.5 Å². The van der Waals surface area contributed by atoms with Gasteiger partial charge >= 0.3 is 6.18 Å². The maximum Gasteiger partial charge on any atom is 0.434 e. The van der Waals surface area contributed by atoms with Gasteiger partial charge in [0.05, 0.1) is 16.2 Å². The largest absolute Gasteiger partial charge is 0.495 e. The van der Waals surface area contributed by atoms with Crippen molar-refractivity contribution in [2.75, 3.05) is 7.11 Å². The van der Waals surface area contributed by atoms with Gasteiger partial charge in [-0.2, -0.15) is 13.2 Å². The van der Waals surface area contributed by atoms with Crippen molar-refractivity contribution >= 4 is 49.4 Å². The molecule has 2 nitrogen and oxygen atoms in total. The van der Waals surface area contributed by atoms with E-state index < -0.39 is 11.9 Å². The van der Waals surface area contributed by atoms with Crippen LogP contribution in [-0.2, 0) is 6.18 Å². The van der Waals surface area contributed by atoms with E-state index in [9.17, 15) is 13.2 Å². The summed E-state index contributed by atoms with van der Waals surface area (Å²) >= 11 is 4.80. The highest BCUT2D eigenvalue weighted by molar-refractivity contribution is 14.1. The van der Waals surface area contributed by atoms with Gasteiger partial charge in [-0.05, 0) is 50.7 Å². The summed E-state index contributed by atoms with van der Waals surface area (Å²) in [6.07, 6.45) is -4.51. The zero-order valence-corrected chi connectivity index (χ0v) is 12.7. The first kappa shape index (κ1) is 13.9. The lowest BCUT2D eigenvalue weighted by molar-refractivity contribution is -0.141. The lowest BCUT2D eigenvalue weighted by Gasteiger charge is -2.14. The first-order valence-electron chi connectivity index (χ1n) is 4.75. The van der Waals surface area contributed by atoms with E-state index >= 15 is 0 Å². The monoisotopic (exact) mass is 431 g/mol. The van der Waals surface area contributed by atoms with Gasteiger partial charge in [-0.3, -0.25) is 0 Å². The molecule has 0 saturated carbocycles. The average molecular weight is 432 g/mol. The van der Waals surface area contributed by atoms with E-state index in [2.05, 4.69) is 20.9 Å². The van der Waals surface area contributed by atoms with Crippen molar-refractivity contribution in [1.82, 2.24) is 4.98 Å². The van der Waals surface area contributed by atoms with Gasteiger partial charge in [0.1, 0.15) is 5.75 Å². The van der Waals surface area contributed by atoms with Crippen LogP contribution in [0.3, 0.4) is 0 Å². The summed E-state index contributed by atoms with van der Waals surface area (Å²) in [6.45, 7) is 0. The number of hydrogen-bond donors (Lipinski definition) is 0. The number of rotatable bonds is 1. The number of methoxy groups -OCH3 is 1. The second kappa shape index (κ2) is 4.84. The standard InChI is InChI=1S/C11H6BrF3INO/c1-18-9-5-3-2-4-6(12)8(5)17-10(7(9)16)11(13,14)15/h2-4H,1H3. The van der Waals surface area contributed by atoms with Crippen molar-refractivity contribution < 1.29 is 17.9 Å². The first-order chi connectivity index (χ1) is 8.36. The Labute approximate surface area is 123 Å². The number of nitrogens with zero attached hydrogens (tertiary/aromatic N) is 1. The molecule has 0 amide bonds. The Balaban J connectivity index is 2.92. The number of alkyl halides is 3. The second-order valence-corrected chi connectivity index (χ2v) is 5.37. The topological polar surface area (TPSA) is 22.1 Å². The number of fused-ring (bicyclic) bond motifs is 1. The van der Waals surface area contributed by atoms with Crippen LogP contribution < -0.4 is 4.74 Å². The molecule has 0 fully saturated rings. The summed E-state index contributed by atoms with van der Waals surface area (Å²) in [5, 5.41) is 0.546. The molecule has 18 heavy (non-hydrogen) atoms. The third kappa shape index (κ3) is 2.29. The molecule has 0 saturated heterocycles. The second-order valence-electron chi connectivity index (χ2n) is 3.44. The molecule has 1 heterocycles. The maximum atomic E-state index is 12.9. The molecular formula is C11H6BrF3INO. The molecule has 2 aromatic rings. The van der Waals surface area contributed by atoms with Crippen LogP contribution in [0.25, 0.3) is 10.9 Å². The number of para-hydroxylation sites is 1. The SMILES string of the molecule is COc1c(I)c(C(F)(F)F)nc2c(Br)cccc12. The summed E-state index contributed by atoms with van der Waals surface area (Å²) in [7, 11) is 1.35. The van der Waals surface area contributed by atoms with Gasteiger partial charge in [-0.15, -0.1) is 0 Å². The van der Waals surface area contributed by atoms with Crippen LogP contribution in [0.1, 0.15) is 5.69 Å². The molecule has 0 unspecified atom stereocenters. The third-order valence-electron chi connectivity index (χ3n) is 2.33. The molecular weight excluding hydrogens is 426 g/mol. The Morgan fingerprint density at radius 3 is 2.56 bits per heavy atom. The van der Waals surface area contributed by atoms with Crippen molar-refractivity contribution in [3.8, 4) is 5.75 Å². The van der Waals surface area contributed by atoms with Crippen molar-refractivity contribution in [2.45, 2.75) is 6.18 Å². The molecule has 0 bridgehead atoms. The Kier molecular flexibility index (Phi) is 3.72. The van der Waals surface area contributed by atoms with Crippen LogP contribution in [-0.4, -0.2) is 12.1 Å². The van der Waals surface area contributed by atoms with Gasteiger partial charge in [0.15, 0.2) is 5.69 Å². The maximum absolute atomic E-state index is 12.9. The van der Waals surface area contributed by atoms with Gasteiger partial charge in [-0.1, -0.05) is 6.07 Å². The summed E-state index contributed by atoms with van der Waals surface area (Å²) in [5.74, 6) is 0.189. The van der Waals surface area contributed by atoms with E-state index in [1.54, 1.807) is 40.8 Å². The minimum Gasteiger partial charge on any atom is -0.495 e. The number of pyridine rings is 1. The van der Waals surface area contributed by atoms with Crippen molar-refractivity contribution in [3.63, 3.8) is 0 Å². The molecule has 0 aliphatic rings. The van der Waals surface area contributed by atoms with Crippen molar-refractivity contribution in [3.05, 3.63) is 31.9 Å². The smallest absolute Gasteiger partial charge is 0.434 e. The quantitative estimate of drug-likeness (QED) is 0.614. The fraction of sp³-hybridized carbons (Fsp3) is 0.182. The Morgan fingerprint density at radius 1 is 1.33 bits per heavy atom. The van der Waals surface area contributed by atoms with Gasteiger partial charge in [0.25, 0.3) is 0 Å². The number of hydrogen-bond acceptors (Lipinski definition) is 2. The normalized spacial score (nSPS) is 11.9. The Hall–Kier alpha value is -0.570. The predicted molar refractivity (Wildman–Crippen MR) is 73.7 cm³/mol. The lowest BCUT2D eigenvalue weighted by atomic mass is 10.2. The fourth-order valence-electron chi connectivity index (χ4n) is 1.59. The van der Waals surface area contributed by atoms with Crippen LogP contribution in [0.2, 0.25) is 0 Å². The lowest BCUT2D eigenvalue weighted by Crippen LogP contribution is -2.12. The first-order valence-corrected chi connectivity index (χ1v) is 6.62. The van der Waals surface area contributed by atoms with Gasteiger partial charge in [0, 0.05) is 9.86 Å². The van der Waals surface area contributed by atoms with E-state index in [1.165, 1.54) is 7.11 Å². The minimum atomic E-state index is -4.51. The third-order valence-corrected chi connectivity index (χ3v) is 3.98. The molecule has 0 aliphatic heterocycles. The highest BCUT2D eigenvalue weighted by Crippen LogP contribution is 2.40. The molecule has 1 aromatic carbocycles. The zero-order chi connectivity index (χ0) is 13.5. The molecule has 7 heteroatoms. The van der Waals surface area contributed by atoms with Crippen molar-refractivity contribution in [1.29, 1.82) is 0 Å². The van der Waals surface area contributed by atoms with Gasteiger partial charge in [0.2, 0.25) is 0 Å². The van der Waals surface area contributed by atoms with Crippen LogP contribution in [0.5, 0.6) is 5.75 Å². The number of halogens is 5. The molecule has 96 valence electrons. The molecule has 0 atom stereocenters. The summed E-state index contributed by atoms with van der Waals surface area (Å²) < 4.78 is 44.2. The Bertz CT molecular complexity index is 615. The molecule has 2 rings (SSSR count). The molecule has 0 aliphatic carbocycles. The average Bonchev–Trinajstić information content (AvgIpc) is 2.27. The predicted octanol–water partition coefficient (Wildman–Crippen LogP) is 4.63. The number of benzene rings is 1. The van der Waals surface area contributed by atoms with Crippen LogP contribution in [0, 0.1) is 3.57 Å². The number of ether oxygens (including phenoxy) is 1. The highest BCUT2D eigenvalue weighted by Gasteiger charge is 2.37. The van der Waals surface area contributed by atoms with Gasteiger partial charge in [-0.25, -0.2) is 4.98 Å². The zero-order valence-electron chi connectivity index (χ0n) is 8.98. The van der Waals surface area contributed by atoms with E-state index in [-0.39, 0.29) is 14.8 Å². The summed E-state index contributed by atoms with van der Waals surface area (Å²) in [4.78, 5) is 3.69. The van der Waals surface area contributed by atoms with E-state index in [0.29, 0.717) is 9.86 Å². The van der Waals surface area contributed by atoms with Crippen LogP contribution in [0.15, 0.2) is 22.7 Å². The number of aromatic nitrogens is 1. The fourth-order valence-corrected chi connectivity index (χ4v) is 2.98. The van der Waals surface area contributed by atoms with Crippen molar-refractivity contribution in [2.24, 2.45) is 0 Å². The highest BCUT2D eigenvalue weighted by atomic mass is 127. The molecule has 0 N–H and O–H groups in total. The summed E-state index contributed by atoms with van der Waals surface area (Å²) in [5.41, 5.74) is -0.693. The van der Waals surface area contributed by atoms with E-state index in [1.807, 2.05) is 0 Å². The molecule has 0 spiro atoms. The Morgan fingerprint density at radius 2 is 2.00 bits per heavy atom. The molecule has 0 radical (unpaired) electrons. The van der Waals surface area contributed by atoms with E-state index in [4.69, 9.17) is 4.74 Å². The molecule has 1 aromatic heterocycles. The van der Waals surface area contributed by atoms with E-state index in [0.717, 1.165) is 0 Å². The summed E-state index contributed by atoms with van der Waals surface area (Å²) in [6, 6.07) is 5.04. The minimum absolute atomic E-state index is 0.0341.